The first-order valence-electron chi connectivity index (χ1n) is 6.57. The van der Waals surface area contributed by atoms with Gasteiger partial charge in [-0.15, -0.1) is 0 Å². The number of ether oxygens (including phenoxy) is 2. The highest BCUT2D eigenvalue weighted by atomic mass is 31.0. The van der Waals surface area contributed by atoms with Crippen LogP contribution in [0.4, 0.5) is 0 Å². The Balaban J connectivity index is 1.81. The van der Waals surface area contributed by atoms with Gasteiger partial charge in [-0.25, -0.2) is 0 Å². The fraction of sp³-hybridized carbons (Fsp3) is 0.250. The van der Waals surface area contributed by atoms with Crippen molar-refractivity contribution in [2.75, 3.05) is 13.2 Å². The van der Waals surface area contributed by atoms with E-state index in [0.29, 0.717) is 19.6 Å². The van der Waals surface area contributed by atoms with E-state index in [1.54, 1.807) is 0 Å². The van der Waals surface area contributed by atoms with Crippen LogP contribution in [0.1, 0.15) is 21.2 Å². The molecular formula is C16H15O3P. The van der Waals surface area contributed by atoms with Crippen LogP contribution in [0.2, 0.25) is 0 Å². The molecule has 0 atom stereocenters. The molecule has 1 aliphatic rings. The van der Waals surface area contributed by atoms with Gasteiger partial charge in [-0.1, -0.05) is 26.4 Å². The monoisotopic (exact) mass is 286 g/mol. The molecule has 0 saturated heterocycles. The minimum Gasteiger partial charge on any atom is -0.486 e. The molecule has 20 heavy (non-hydrogen) atoms. The van der Waals surface area contributed by atoms with Gasteiger partial charge in [0.05, 0.1) is 0 Å². The molecule has 102 valence electrons. The first kappa shape index (κ1) is 13.1. The quantitative estimate of drug-likeness (QED) is 0.806. The Morgan fingerprint density at radius 3 is 2.80 bits per heavy atom. The zero-order valence-corrected chi connectivity index (χ0v) is 12.2. The van der Waals surface area contributed by atoms with Crippen LogP contribution < -0.4 is 9.47 Å². The molecule has 0 spiro atoms. The summed E-state index contributed by atoms with van der Waals surface area (Å²) in [6.07, 6.45) is 0.401. The van der Waals surface area contributed by atoms with Gasteiger partial charge in [-0.3, -0.25) is 4.79 Å². The molecule has 1 aliphatic heterocycles. The number of Topliss-reactive ketones (excluding diaryl/α,β-unsaturated/α-hetero) is 1. The van der Waals surface area contributed by atoms with E-state index in [2.05, 4.69) is 0 Å². The number of rotatable bonds is 3. The molecular weight excluding hydrogens is 271 g/mol. The predicted molar refractivity (Wildman–Crippen MR) is 79.2 cm³/mol. The highest BCUT2D eigenvalue weighted by Crippen LogP contribution is 2.31. The molecule has 3 nitrogen and oxygen atoms in total. The number of carbonyl (C=O) groups excluding carboxylic acids is 1. The minimum absolute atomic E-state index is 0.168. The van der Waals surface area contributed by atoms with Crippen LogP contribution in [-0.4, -0.2) is 19.0 Å². The van der Waals surface area contributed by atoms with E-state index in [1.807, 2.05) is 43.1 Å². The van der Waals surface area contributed by atoms with Gasteiger partial charge in [-0.2, -0.15) is 0 Å². The summed E-state index contributed by atoms with van der Waals surface area (Å²) in [6, 6.07) is 9.68. The van der Waals surface area contributed by atoms with Crippen molar-refractivity contribution in [3.05, 3.63) is 52.6 Å². The summed E-state index contributed by atoms with van der Waals surface area (Å²) in [5.74, 6) is 3.65. The Kier molecular flexibility index (Phi) is 3.70. The zero-order valence-electron chi connectivity index (χ0n) is 11.3. The predicted octanol–water partition coefficient (Wildman–Crippen LogP) is 3.77. The SMILES string of the molecule is Cc1cccpc1C(=O)Cc1ccc2c(c1)OCCO2. The molecule has 0 bridgehead atoms. The topological polar surface area (TPSA) is 35.5 Å². The lowest BCUT2D eigenvalue weighted by molar-refractivity contribution is 0.0996. The standard InChI is InChI=1S/C16H15O3P/c1-11-3-2-8-20-16(11)13(17)9-12-4-5-14-15(10-12)19-7-6-18-14/h2-5,8,10H,6-7,9H2,1H3. The molecule has 2 aromatic rings. The van der Waals surface area contributed by atoms with E-state index in [-0.39, 0.29) is 5.78 Å². The van der Waals surface area contributed by atoms with Crippen LogP contribution in [0.25, 0.3) is 0 Å². The summed E-state index contributed by atoms with van der Waals surface area (Å²) in [6.45, 7) is 3.12. The van der Waals surface area contributed by atoms with Gasteiger partial charge < -0.3 is 9.47 Å². The number of fused-ring (bicyclic) bond motifs is 1. The molecule has 0 aliphatic carbocycles. The third-order valence-electron chi connectivity index (χ3n) is 3.24. The maximum atomic E-state index is 12.4. The van der Waals surface area contributed by atoms with Crippen molar-refractivity contribution < 1.29 is 14.3 Å². The number of carbonyl (C=O) groups is 1. The Hall–Kier alpha value is -1.86. The Labute approximate surface area is 119 Å². The molecule has 1 aromatic heterocycles. The second-order valence-electron chi connectivity index (χ2n) is 4.75. The Bertz CT molecular complexity index is 652. The maximum absolute atomic E-state index is 12.4. The second kappa shape index (κ2) is 5.64. The van der Waals surface area contributed by atoms with Gasteiger partial charge in [0.2, 0.25) is 0 Å². The molecule has 0 amide bonds. The summed E-state index contributed by atoms with van der Waals surface area (Å²) in [7, 11) is 0.982. The van der Waals surface area contributed by atoms with Crippen molar-refractivity contribution in [3.8, 4) is 11.5 Å². The lowest BCUT2D eigenvalue weighted by Crippen LogP contribution is -2.15. The van der Waals surface area contributed by atoms with Crippen molar-refractivity contribution in [3.63, 3.8) is 0 Å². The van der Waals surface area contributed by atoms with E-state index >= 15 is 0 Å². The van der Waals surface area contributed by atoms with Crippen LogP contribution in [-0.2, 0) is 6.42 Å². The van der Waals surface area contributed by atoms with Crippen LogP contribution in [0.5, 0.6) is 11.5 Å². The average Bonchev–Trinajstić information content (AvgIpc) is 2.47. The van der Waals surface area contributed by atoms with Gasteiger partial charge in [0.15, 0.2) is 17.3 Å². The van der Waals surface area contributed by atoms with Gasteiger partial charge in [0.25, 0.3) is 0 Å². The van der Waals surface area contributed by atoms with Crippen LogP contribution in [0, 0.1) is 6.92 Å². The third kappa shape index (κ3) is 2.68. The molecule has 4 heteroatoms. The highest BCUT2D eigenvalue weighted by molar-refractivity contribution is 7.31. The first-order valence-corrected chi connectivity index (χ1v) is 7.54. The first-order chi connectivity index (χ1) is 9.74. The summed E-state index contributed by atoms with van der Waals surface area (Å²) in [4.78, 5) is 12.4. The number of ketones is 1. The fourth-order valence-electron chi connectivity index (χ4n) is 2.24. The molecule has 0 fully saturated rings. The van der Waals surface area contributed by atoms with Gasteiger partial charge in [0.1, 0.15) is 13.2 Å². The number of benzene rings is 1. The summed E-state index contributed by atoms with van der Waals surface area (Å²) in [5.41, 5.74) is 2.01. The van der Waals surface area contributed by atoms with Crippen molar-refractivity contribution in [1.29, 1.82) is 0 Å². The van der Waals surface area contributed by atoms with Gasteiger partial charge >= 0.3 is 0 Å². The molecule has 0 saturated carbocycles. The summed E-state index contributed by atoms with van der Waals surface area (Å²) >= 11 is 0. The second-order valence-corrected chi connectivity index (χ2v) is 5.75. The normalized spacial score (nSPS) is 13.4. The lowest BCUT2D eigenvalue weighted by Gasteiger charge is -2.18. The van der Waals surface area contributed by atoms with E-state index in [9.17, 15) is 4.79 Å². The Morgan fingerprint density at radius 1 is 1.20 bits per heavy atom. The maximum Gasteiger partial charge on any atom is 0.172 e. The molecule has 3 rings (SSSR count). The number of hydrogen-bond acceptors (Lipinski definition) is 3. The molecule has 0 radical (unpaired) electrons. The van der Waals surface area contributed by atoms with E-state index < -0.39 is 0 Å². The summed E-state index contributed by atoms with van der Waals surface area (Å²) < 4.78 is 11.0. The molecule has 0 N–H and O–H groups in total. The van der Waals surface area contributed by atoms with Crippen LogP contribution in [0.15, 0.2) is 36.1 Å². The van der Waals surface area contributed by atoms with Crippen LogP contribution >= 0.6 is 8.19 Å². The van der Waals surface area contributed by atoms with Crippen molar-refractivity contribution in [2.45, 2.75) is 13.3 Å². The smallest absolute Gasteiger partial charge is 0.172 e. The van der Waals surface area contributed by atoms with Crippen molar-refractivity contribution in [1.82, 2.24) is 0 Å². The third-order valence-corrected chi connectivity index (χ3v) is 4.43. The van der Waals surface area contributed by atoms with Gasteiger partial charge in [0, 0.05) is 11.7 Å². The average molecular weight is 286 g/mol. The van der Waals surface area contributed by atoms with Gasteiger partial charge in [-0.05, 0) is 36.0 Å². The molecule has 1 aromatic carbocycles. The van der Waals surface area contributed by atoms with E-state index in [4.69, 9.17) is 9.47 Å². The molecule has 0 unspecified atom stereocenters. The summed E-state index contributed by atoms with van der Waals surface area (Å²) in [5, 5.41) is 0.877. The van der Waals surface area contributed by atoms with E-state index in [0.717, 1.165) is 36.1 Å². The van der Waals surface area contributed by atoms with Crippen molar-refractivity contribution >= 4 is 14.0 Å². The largest absolute Gasteiger partial charge is 0.486 e. The zero-order chi connectivity index (χ0) is 13.9. The van der Waals surface area contributed by atoms with Crippen LogP contribution in [0.3, 0.4) is 0 Å². The number of aryl methyl sites for hydroxylation is 1. The van der Waals surface area contributed by atoms with Crippen molar-refractivity contribution in [2.24, 2.45) is 0 Å². The Morgan fingerprint density at radius 2 is 2.00 bits per heavy atom. The fourth-order valence-corrected chi connectivity index (χ4v) is 3.07. The number of hydrogen-bond donors (Lipinski definition) is 0. The molecule has 2 heterocycles. The minimum atomic E-state index is 0.168. The lowest BCUT2D eigenvalue weighted by atomic mass is 10.1. The highest BCUT2D eigenvalue weighted by Gasteiger charge is 2.14. The van der Waals surface area contributed by atoms with E-state index in [1.165, 1.54) is 0 Å².